The molecule has 3 rings (SSSR count). The molecule has 0 atom stereocenters. The Morgan fingerprint density at radius 1 is 1.37 bits per heavy atom. The largest absolute Gasteiger partial charge is 0.411 e. The lowest BCUT2D eigenvalue weighted by Gasteiger charge is -1.94. The van der Waals surface area contributed by atoms with Crippen molar-refractivity contribution in [1.29, 1.82) is 0 Å². The number of benzene rings is 1. The molecular formula is C14H13N3OS. The molecule has 2 aromatic heterocycles. The second kappa shape index (κ2) is 4.93. The van der Waals surface area contributed by atoms with Gasteiger partial charge in [0.05, 0.1) is 5.56 Å². The summed E-state index contributed by atoms with van der Waals surface area (Å²) in [4.78, 5) is 3.20. The summed E-state index contributed by atoms with van der Waals surface area (Å²) in [7, 11) is 0. The molecule has 96 valence electrons. The Kier molecular flexibility index (Phi) is 3.13. The molecule has 1 aromatic carbocycles. The van der Waals surface area contributed by atoms with Crippen LogP contribution in [0.2, 0.25) is 0 Å². The highest BCUT2D eigenvalue weighted by Crippen LogP contribution is 2.29. The zero-order chi connectivity index (χ0) is 13.2. The smallest absolute Gasteiger partial charge is 0.277 e. The maximum Gasteiger partial charge on any atom is 0.277 e. The SMILES string of the molecule is C=C(C)CSc1nnc(-c2c[nH]c3ccccc23)o1. The molecule has 2 heterocycles. The number of hydrogen-bond acceptors (Lipinski definition) is 4. The van der Waals surface area contributed by atoms with E-state index in [1.165, 1.54) is 11.8 Å². The molecule has 5 heteroatoms. The van der Waals surface area contributed by atoms with Crippen LogP contribution in [0.4, 0.5) is 0 Å². The summed E-state index contributed by atoms with van der Waals surface area (Å²) in [6, 6.07) is 8.04. The van der Waals surface area contributed by atoms with Crippen LogP contribution in [0.25, 0.3) is 22.4 Å². The lowest BCUT2D eigenvalue weighted by molar-refractivity contribution is 0.466. The van der Waals surface area contributed by atoms with Crippen molar-refractivity contribution in [3.05, 3.63) is 42.6 Å². The van der Waals surface area contributed by atoms with E-state index in [4.69, 9.17) is 4.42 Å². The zero-order valence-electron chi connectivity index (χ0n) is 10.5. The highest BCUT2D eigenvalue weighted by molar-refractivity contribution is 7.99. The number of nitrogens with one attached hydrogen (secondary N) is 1. The molecule has 0 fully saturated rings. The topological polar surface area (TPSA) is 54.7 Å². The third-order valence-corrected chi connectivity index (χ3v) is 3.72. The average Bonchev–Trinajstić information content (AvgIpc) is 3.02. The van der Waals surface area contributed by atoms with Crippen LogP contribution in [0, 0.1) is 0 Å². The molecule has 0 aliphatic heterocycles. The van der Waals surface area contributed by atoms with Crippen molar-refractivity contribution in [2.75, 3.05) is 5.75 Å². The fraction of sp³-hybridized carbons (Fsp3) is 0.143. The predicted octanol–water partition coefficient (Wildman–Crippen LogP) is 3.89. The summed E-state index contributed by atoms with van der Waals surface area (Å²) in [6.45, 7) is 5.83. The normalized spacial score (nSPS) is 11.0. The lowest BCUT2D eigenvalue weighted by Crippen LogP contribution is -1.78. The van der Waals surface area contributed by atoms with Gasteiger partial charge in [-0.15, -0.1) is 10.2 Å². The van der Waals surface area contributed by atoms with E-state index in [-0.39, 0.29) is 0 Å². The minimum Gasteiger partial charge on any atom is -0.411 e. The second-order valence-corrected chi connectivity index (χ2v) is 5.29. The lowest BCUT2D eigenvalue weighted by atomic mass is 10.2. The minimum atomic E-state index is 0.543. The standard InChI is InChI=1S/C14H13N3OS/c1-9(2)8-19-14-17-16-13(18-14)11-7-15-12-6-4-3-5-10(11)12/h3-7,15H,1,8H2,2H3. The summed E-state index contributed by atoms with van der Waals surface area (Å²) in [6.07, 6.45) is 1.89. The van der Waals surface area contributed by atoms with Crippen LogP contribution in [-0.2, 0) is 0 Å². The highest BCUT2D eigenvalue weighted by Gasteiger charge is 2.13. The summed E-state index contributed by atoms with van der Waals surface area (Å²) in [5.41, 5.74) is 3.08. The van der Waals surface area contributed by atoms with Gasteiger partial charge in [-0.3, -0.25) is 0 Å². The molecule has 19 heavy (non-hydrogen) atoms. The van der Waals surface area contributed by atoms with Crippen molar-refractivity contribution in [3.8, 4) is 11.5 Å². The third kappa shape index (κ3) is 2.42. The molecule has 1 N–H and O–H groups in total. The number of thioether (sulfide) groups is 1. The molecule has 0 radical (unpaired) electrons. The Morgan fingerprint density at radius 3 is 3.05 bits per heavy atom. The fourth-order valence-corrected chi connectivity index (χ4v) is 2.42. The van der Waals surface area contributed by atoms with Crippen LogP contribution in [0.15, 0.2) is 52.3 Å². The fourth-order valence-electron chi connectivity index (χ4n) is 1.81. The zero-order valence-corrected chi connectivity index (χ0v) is 11.3. The Morgan fingerprint density at radius 2 is 2.21 bits per heavy atom. The average molecular weight is 271 g/mol. The monoisotopic (exact) mass is 271 g/mol. The maximum absolute atomic E-state index is 5.67. The van der Waals surface area contributed by atoms with E-state index < -0.39 is 0 Å². The minimum absolute atomic E-state index is 0.543. The summed E-state index contributed by atoms with van der Waals surface area (Å²) < 4.78 is 5.67. The van der Waals surface area contributed by atoms with E-state index in [1.807, 2.05) is 37.4 Å². The predicted molar refractivity (Wildman–Crippen MR) is 77.1 cm³/mol. The molecule has 0 amide bonds. The van der Waals surface area contributed by atoms with Crippen molar-refractivity contribution in [1.82, 2.24) is 15.2 Å². The van der Waals surface area contributed by atoms with E-state index in [0.29, 0.717) is 11.1 Å². The van der Waals surface area contributed by atoms with Gasteiger partial charge in [0.15, 0.2) is 0 Å². The van der Waals surface area contributed by atoms with Gasteiger partial charge in [0.2, 0.25) is 0 Å². The van der Waals surface area contributed by atoms with E-state index in [9.17, 15) is 0 Å². The van der Waals surface area contributed by atoms with Crippen LogP contribution in [0.3, 0.4) is 0 Å². The van der Waals surface area contributed by atoms with Gasteiger partial charge in [-0.25, -0.2) is 0 Å². The van der Waals surface area contributed by atoms with Crippen LogP contribution in [-0.4, -0.2) is 20.9 Å². The first-order chi connectivity index (χ1) is 9.24. The van der Waals surface area contributed by atoms with Crippen LogP contribution < -0.4 is 0 Å². The van der Waals surface area contributed by atoms with Gasteiger partial charge in [-0.1, -0.05) is 42.1 Å². The number of aromatic amines is 1. The van der Waals surface area contributed by atoms with Gasteiger partial charge in [-0.05, 0) is 13.0 Å². The van der Waals surface area contributed by atoms with Gasteiger partial charge < -0.3 is 9.40 Å². The van der Waals surface area contributed by atoms with Gasteiger partial charge >= 0.3 is 0 Å². The number of H-pyrrole nitrogens is 1. The van der Waals surface area contributed by atoms with Gasteiger partial charge in [0.25, 0.3) is 11.1 Å². The van der Waals surface area contributed by atoms with Crippen molar-refractivity contribution >= 4 is 22.7 Å². The summed E-state index contributed by atoms with van der Waals surface area (Å²) in [5, 5.41) is 9.80. The molecule has 0 bridgehead atoms. The van der Waals surface area contributed by atoms with E-state index in [2.05, 4.69) is 21.8 Å². The van der Waals surface area contributed by atoms with Crippen LogP contribution >= 0.6 is 11.8 Å². The number of hydrogen-bond donors (Lipinski definition) is 1. The molecule has 4 nitrogen and oxygen atoms in total. The number of nitrogens with zero attached hydrogens (tertiary/aromatic N) is 2. The number of para-hydroxylation sites is 1. The third-order valence-electron chi connectivity index (χ3n) is 2.67. The van der Waals surface area contributed by atoms with Crippen molar-refractivity contribution in [3.63, 3.8) is 0 Å². The molecule has 0 aliphatic carbocycles. The van der Waals surface area contributed by atoms with Crippen molar-refractivity contribution in [2.24, 2.45) is 0 Å². The molecule has 0 saturated heterocycles. The molecule has 0 spiro atoms. The van der Waals surface area contributed by atoms with Gasteiger partial charge in [0.1, 0.15) is 0 Å². The summed E-state index contributed by atoms with van der Waals surface area (Å²) in [5.74, 6) is 1.33. The Bertz CT molecular complexity index is 729. The Hall–Kier alpha value is -2.01. The van der Waals surface area contributed by atoms with E-state index in [0.717, 1.165) is 27.8 Å². The molecule has 0 aliphatic rings. The first-order valence-corrected chi connectivity index (χ1v) is 6.90. The van der Waals surface area contributed by atoms with Crippen molar-refractivity contribution in [2.45, 2.75) is 12.1 Å². The molecule has 0 unspecified atom stereocenters. The number of fused-ring (bicyclic) bond motifs is 1. The Balaban J connectivity index is 1.92. The second-order valence-electron chi connectivity index (χ2n) is 4.37. The van der Waals surface area contributed by atoms with Gasteiger partial charge in [-0.2, -0.15) is 0 Å². The maximum atomic E-state index is 5.67. The quantitative estimate of drug-likeness (QED) is 0.578. The van der Waals surface area contributed by atoms with Crippen LogP contribution in [0.1, 0.15) is 6.92 Å². The first kappa shape index (κ1) is 12.0. The van der Waals surface area contributed by atoms with Gasteiger partial charge in [0, 0.05) is 22.9 Å². The first-order valence-electron chi connectivity index (χ1n) is 5.91. The molecular weight excluding hydrogens is 258 g/mol. The summed E-state index contributed by atoms with van der Waals surface area (Å²) >= 11 is 1.50. The van der Waals surface area contributed by atoms with E-state index in [1.54, 1.807) is 0 Å². The molecule has 3 aromatic rings. The molecule has 0 saturated carbocycles. The van der Waals surface area contributed by atoms with E-state index >= 15 is 0 Å². The van der Waals surface area contributed by atoms with Crippen LogP contribution in [0.5, 0.6) is 0 Å². The van der Waals surface area contributed by atoms with Crippen molar-refractivity contribution < 1.29 is 4.42 Å². The highest BCUT2D eigenvalue weighted by atomic mass is 32.2. The number of rotatable bonds is 4. The Labute approximate surface area is 114 Å². The number of aromatic nitrogens is 3.